The second-order valence-corrected chi connectivity index (χ2v) is 7.43. The first-order chi connectivity index (χ1) is 12.0. The number of carbonyl (C=O) groups excluding carboxylic acids is 2. The largest absolute Gasteiger partial charge is 0.348 e. The van der Waals surface area contributed by atoms with Crippen LogP contribution in [-0.2, 0) is 11.3 Å². The van der Waals surface area contributed by atoms with E-state index in [1.807, 2.05) is 15.6 Å². The number of hydrogen-bond donors (Lipinski definition) is 1. The Bertz CT molecular complexity index is 725. The van der Waals surface area contributed by atoms with Crippen LogP contribution in [0.5, 0.6) is 0 Å². The molecule has 0 radical (unpaired) electrons. The Morgan fingerprint density at radius 2 is 2.28 bits per heavy atom. The van der Waals surface area contributed by atoms with Gasteiger partial charge in [0.15, 0.2) is 0 Å². The third-order valence-electron chi connectivity index (χ3n) is 4.33. The summed E-state index contributed by atoms with van der Waals surface area (Å²) in [6, 6.07) is 1.86. The number of rotatable bonds is 6. The van der Waals surface area contributed by atoms with E-state index >= 15 is 0 Å². The van der Waals surface area contributed by atoms with Crippen molar-refractivity contribution in [3.05, 3.63) is 34.5 Å². The van der Waals surface area contributed by atoms with Gasteiger partial charge in [-0.05, 0) is 18.4 Å². The molecule has 2 amide bonds. The highest BCUT2D eigenvalue weighted by Crippen LogP contribution is 2.21. The lowest BCUT2D eigenvalue weighted by atomic mass is 10.1. The highest BCUT2D eigenvalue weighted by Gasteiger charge is 2.28. The predicted molar refractivity (Wildman–Crippen MR) is 95.2 cm³/mol. The Hall–Kier alpha value is -2.22. The number of thiazole rings is 1. The minimum atomic E-state index is -0.196. The van der Waals surface area contributed by atoms with Crippen molar-refractivity contribution in [2.45, 2.75) is 39.3 Å². The predicted octanol–water partition coefficient (Wildman–Crippen LogP) is 2.09. The van der Waals surface area contributed by atoms with Crippen LogP contribution in [0, 0.1) is 5.92 Å². The minimum absolute atomic E-state index is 0.0654. The standard InChI is InChI=1S/C17H23N5O2S/c1-12(2)3-4-16(23)21-8-13-5-6-20-22(13)14(9-21)7-18-17(24)15-10-25-11-19-15/h5-6,10-12,14H,3-4,7-9H2,1-2H3,(H,18,24). The van der Waals surface area contributed by atoms with Crippen LogP contribution in [0.4, 0.5) is 0 Å². The van der Waals surface area contributed by atoms with Gasteiger partial charge < -0.3 is 10.2 Å². The number of amides is 2. The zero-order chi connectivity index (χ0) is 17.8. The van der Waals surface area contributed by atoms with E-state index in [9.17, 15) is 9.59 Å². The van der Waals surface area contributed by atoms with Crippen molar-refractivity contribution in [1.29, 1.82) is 0 Å². The molecule has 0 fully saturated rings. The van der Waals surface area contributed by atoms with Crippen molar-refractivity contribution in [2.75, 3.05) is 13.1 Å². The van der Waals surface area contributed by atoms with Gasteiger partial charge in [0.2, 0.25) is 5.91 Å². The molecule has 1 unspecified atom stereocenters. The van der Waals surface area contributed by atoms with Gasteiger partial charge in [0.25, 0.3) is 5.91 Å². The Morgan fingerprint density at radius 1 is 1.44 bits per heavy atom. The van der Waals surface area contributed by atoms with E-state index in [2.05, 4.69) is 29.2 Å². The molecule has 2 aromatic rings. The van der Waals surface area contributed by atoms with Crippen LogP contribution in [0.15, 0.2) is 23.2 Å². The molecule has 25 heavy (non-hydrogen) atoms. The third-order valence-corrected chi connectivity index (χ3v) is 4.92. The average Bonchev–Trinajstić information content (AvgIpc) is 3.27. The highest BCUT2D eigenvalue weighted by molar-refractivity contribution is 7.07. The number of carbonyl (C=O) groups is 2. The fourth-order valence-corrected chi connectivity index (χ4v) is 3.46. The summed E-state index contributed by atoms with van der Waals surface area (Å²) in [5, 5.41) is 8.98. The maximum atomic E-state index is 12.5. The second-order valence-electron chi connectivity index (χ2n) is 6.71. The lowest BCUT2D eigenvalue weighted by Crippen LogP contribution is -2.45. The maximum Gasteiger partial charge on any atom is 0.270 e. The molecule has 1 aliphatic rings. The zero-order valence-electron chi connectivity index (χ0n) is 14.5. The lowest BCUT2D eigenvalue weighted by Gasteiger charge is -2.34. The molecule has 8 heteroatoms. The molecule has 0 spiro atoms. The summed E-state index contributed by atoms with van der Waals surface area (Å²) >= 11 is 1.39. The van der Waals surface area contributed by atoms with E-state index in [0.29, 0.717) is 37.7 Å². The fourth-order valence-electron chi connectivity index (χ4n) is 2.92. The molecule has 0 aromatic carbocycles. The Labute approximate surface area is 151 Å². The van der Waals surface area contributed by atoms with Gasteiger partial charge in [0, 0.05) is 31.1 Å². The zero-order valence-corrected chi connectivity index (χ0v) is 15.3. The summed E-state index contributed by atoms with van der Waals surface area (Å²) in [6.07, 6.45) is 3.19. The van der Waals surface area contributed by atoms with Crippen molar-refractivity contribution in [2.24, 2.45) is 5.92 Å². The first kappa shape index (κ1) is 17.6. The molecule has 1 N–H and O–H groups in total. The molecule has 1 atom stereocenters. The van der Waals surface area contributed by atoms with Crippen LogP contribution in [-0.4, -0.2) is 44.6 Å². The van der Waals surface area contributed by atoms with Crippen LogP contribution in [0.1, 0.15) is 48.9 Å². The summed E-state index contributed by atoms with van der Waals surface area (Å²) in [4.78, 5) is 30.5. The monoisotopic (exact) mass is 361 g/mol. The molecule has 7 nitrogen and oxygen atoms in total. The fraction of sp³-hybridized carbons (Fsp3) is 0.529. The third kappa shape index (κ3) is 4.25. The SMILES string of the molecule is CC(C)CCC(=O)N1Cc2ccnn2C(CNC(=O)c2cscn2)C1. The number of nitrogens with one attached hydrogen (secondary N) is 1. The molecular formula is C17H23N5O2S. The van der Waals surface area contributed by atoms with Gasteiger partial charge in [-0.25, -0.2) is 4.98 Å². The van der Waals surface area contributed by atoms with E-state index in [4.69, 9.17) is 0 Å². The van der Waals surface area contributed by atoms with Crippen LogP contribution >= 0.6 is 11.3 Å². The van der Waals surface area contributed by atoms with Gasteiger partial charge in [0.05, 0.1) is 23.8 Å². The average molecular weight is 361 g/mol. The van der Waals surface area contributed by atoms with Crippen molar-refractivity contribution < 1.29 is 9.59 Å². The smallest absolute Gasteiger partial charge is 0.270 e. The van der Waals surface area contributed by atoms with Gasteiger partial charge in [-0.3, -0.25) is 14.3 Å². The van der Waals surface area contributed by atoms with Gasteiger partial charge in [0.1, 0.15) is 5.69 Å². The molecule has 2 aromatic heterocycles. The van der Waals surface area contributed by atoms with Crippen LogP contribution in [0.25, 0.3) is 0 Å². The molecule has 1 aliphatic heterocycles. The summed E-state index contributed by atoms with van der Waals surface area (Å²) in [5.41, 5.74) is 3.06. The van der Waals surface area contributed by atoms with E-state index in [1.54, 1.807) is 17.1 Å². The van der Waals surface area contributed by atoms with Crippen molar-refractivity contribution in [1.82, 2.24) is 25.0 Å². The molecular weight excluding hydrogens is 338 g/mol. The van der Waals surface area contributed by atoms with Crippen LogP contribution in [0.3, 0.4) is 0 Å². The summed E-state index contributed by atoms with van der Waals surface area (Å²) < 4.78 is 1.91. The molecule has 0 saturated heterocycles. The Morgan fingerprint density at radius 3 is 3.00 bits per heavy atom. The van der Waals surface area contributed by atoms with Gasteiger partial charge in [-0.1, -0.05) is 13.8 Å². The lowest BCUT2D eigenvalue weighted by molar-refractivity contribution is -0.133. The molecule has 134 valence electrons. The van der Waals surface area contributed by atoms with E-state index in [0.717, 1.165) is 12.1 Å². The van der Waals surface area contributed by atoms with E-state index in [1.165, 1.54) is 11.3 Å². The molecule has 0 aliphatic carbocycles. The number of nitrogens with zero attached hydrogens (tertiary/aromatic N) is 4. The van der Waals surface area contributed by atoms with Gasteiger partial charge in [-0.15, -0.1) is 11.3 Å². The quantitative estimate of drug-likeness (QED) is 0.854. The first-order valence-electron chi connectivity index (χ1n) is 8.51. The normalized spacial score (nSPS) is 16.8. The van der Waals surface area contributed by atoms with Gasteiger partial charge >= 0.3 is 0 Å². The topological polar surface area (TPSA) is 80.1 Å². The van der Waals surface area contributed by atoms with Crippen molar-refractivity contribution in [3.63, 3.8) is 0 Å². The summed E-state index contributed by atoms with van der Waals surface area (Å²) in [6.45, 7) is 5.79. The van der Waals surface area contributed by atoms with Crippen LogP contribution < -0.4 is 5.32 Å². The molecule has 0 bridgehead atoms. The van der Waals surface area contributed by atoms with Crippen molar-refractivity contribution >= 4 is 23.2 Å². The summed E-state index contributed by atoms with van der Waals surface area (Å²) in [7, 11) is 0. The summed E-state index contributed by atoms with van der Waals surface area (Å²) in [5.74, 6) is 0.475. The van der Waals surface area contributed by atoms with Gasteiger partial charge in [-0.2, -0.15) is 5.10 Å². The van der Waals surface area contributed by atoms with E-state index < -0.39 is 0 Å². The molecule has 3 rings (SSSR count). The van der Waals surface area contributed by atoms with Crippen molar-refractivity contribution in [3.8, 4) is 0 Å². The Kier molecular flexibility index (Phi) is 5.47. The minimum Gasteiger partial charge on any atom is -0.348 e. The molecule has 3 heterocycles. The van der Waals surface area contributed by atoms with Crippen LogP contribution in [0.2, 0.25) is 0 Å². The first-order valence-corrected chi connectivity index (χ1v) is 9.45. The maximum absolute atomic E-state index is 12.5. The van der Waals surface area contributed by atoms with E-state index in [-0.39, 0.29) is 17.9 Å². The highest BCUT2D eigenvalue weighted by atomic mass is 32.1. The number of hydrogen-bond acceptors (Lipinski definition) is 5. The molecule has 0 saturated carbocycles. The second kappa shape index (κ2) is 7.77. The number of fused-ring (bicyclic) bond motifs is 1. The Balaban J connectivity index is 1.64. The number of aromatic nitrogens is 3.